The van der Waals surface area contributed by atoms with Crippen molar-refractivity contribution in [2.24, 2.45) is 0 Å². The van der Waals surface area contributed by atoms with Gasteiger partial charge in [0.05, 0.1) is 17.8 Å². The van der Waals surface area contributed by atoms with E-state index in [1.165, 1.54) is 38.9 Å². The fraction of sp³-hybridized carbons (Fsp3) is 0.100. The quantitative estimate of drug-likeness (QED) is 0.221. The SMILES string of the molecule is CCC(c1cc2c(cc1-c1ccccc1)oc1ccccc12)N1Nc2ccccc2C1c1ccc(-c2ccccc2)cc1. The lowest BCUT2D eigenvalue weighted by molar-refractivity contribution is 0.208. The van der Waals surface area contributed by atoms with Crippen LogP contribution in [-0.2, 0) is 0 Å². The summed E-state index contributed by atoms with van der Waals surface area (Å²) in [5.41, 5.74) is 15.6. The number of nitrogens with zero attached hydrogens (tertiary/aromatic N) is 1. The molecule has 208 valence electrons. The maximum Gasteiger partial charge on any atom is 0.136 e. The Labute approximate surface area is 252 Å². The van der Waals surface area contributed by atoms with Crippen molar-refractivity contribution >= 4 is 27.6 Å². The number of hydrogen-bond donors (Lipinski definition) is 1. The Morgan fingerprint density at radius 3 is 2.05 bits per heavy atom. The summed E-state index contributed by atoms with van der Waals surface area (Å²) >= 11 is 0. The van der Waals surface area contributed by atoms with E-state index in [1.54, 1.807) is 0 Å². The lowest BCUT2D eigenvalue weighted by Gasteiger charge is -2.34. The number of furan rings is 1. The Bertz CT molecular complexity index is 2040. The van der Waals surface area contributed by atoms with E-state index in [4.69, 9.17) is 4.42 Å². The number of rotatable bonds is 6. The fourth-order valence-electron chi connectivity index (χ4n) is 6.78. The molecule has 2 atom stereocenters. The third kappa shape index (κ3) is 4.41. The summed E-state index contributed by atoms with van der Waals surface area (Å²) in [4.78, 5) is 0. The van der Waals surface area contributed by atoms with Crippen LogP contribution in [0, 0.1) is 0 Å². The molecule has 0 bridgehead atoms. The van der Waals surface area contributed by atoms with Gasteiger partial charge in [0.25, 0.3) is 0 Å². The average Bonchev–Trinajstić information content (AvgIpc) is 3.64. The van der Waals surface area contributed by atoms with Crippen molar-refractivity contribution in [1.29, 1.82) is 0 Å². The molecule has 6 aromatic carbocycles. The number of hydrazine groups is 1. The van der Waals surface area contributed by atoms with E-state index in [1.807, 2.05) is 6.07 Å². The summed E-state index contributed by atoms with van der Waals surface area (Å²) in [5.74, 6) is 0. The summed E-state index contributed by atoms with van der Waals surface area (Å²) in [5, 5.41) is 4.78. The molecule has 0 radical (unpaired) electrons. The Morgan fingerprint density at radius 2 is 1.28 bits per heavy atom. The van der Waals surface area contributed by atoms with Gasteiger partial charge in [0.15, 0.2) is 0 Å². The highest BCUT2D eigenvalue weighted by molar-refractivity contribution is 6.06. The maximum atomic E-state index is 6.37. The molecule has 0 fully saturated rings. The molecule has 43 heavy (non-hydrogen) atoms. The molecule has 3 heteroatoms. The van der Waals surface area contributed by atoms with E-state index in [0.29, 0.717) is 0 Å². The van der Waals surface area contributed by atoms with Gasteiger partial charge in [-0.15, -0.1) is 0 Å². The molecule has 1 aliphatic rings. The van der Waals surface area contributed by atoms with Crippen molar-refractivity contribution in [2.75, 3.05) is 5.43 Å². The summed E-state index contributed by atoms with van der Waals surface area (Å²) < 4.78 is 6.37. The van der Waals surface area contributed by atoms with Gasteiger partial charge in [0.1, 0.15) is 11.2 Å². The van der Waals surface area contributed by atoms with Crippen molar-refractivity contribution < 1.29 is 4.42 Å². The van der Waals surface area contributed by atoms with E-state index < -0.39 is 0 Å². The van der Waals surface area contributed by atoms with E-state index >= 15 is 0 Å². The van der Waals surface area contributed by atoms with Gasteiger partial charge in [-0.3, -0.25) is 0 Å². The van der Waals surface area contributed by atoms with Crippen LogP contribution in [0.3, 0.4) is 0 Å². The largest absolute Gasteiger partial charge is 0.456 e. The molecule has 3 nitrogen and oxygen atoms in total. The van der Waals surface area contributed by atoms with Crippen LogP contribution in [0.5, 0.6) is 0 Å². The second-order valence-corrected chi connectivity index (χ2v) is 11.3. The standard InChI is InChI=1S/C40H32N2O/c1-2-37(34-25-35-31-17-10-12-20-38(31)43-39(35)26-33(34)29-15-7-4-8-16-29)42-40(32-18-9-11-19-36(32)41-42)30-23-21-28(22-24-30)27-13-5-3-6-14-27/h3-26,37,40-41H,2H2,1H3. The summed E-state index contributed by atoms with van der Waals surface area (Å²) in [6.07, 6.45) is 0.931. The number of hydrogen-bond acceptors (Lipinski definition) is 3. The van der Waals surface area contributed by atoms with Gasteiger partial charge < -0.3 is 9.84 Å². The topological polar surface area (TPSA) is 28.4 Å². The Morgan fingerprint density at radius 1 is 0.628 bits per heavy atom. The predicted octanol–water partition coefficient (Wildman–Crippen LogP) is 10.8. The fourth-order valence-corrected chi connectivity index (χ4v) is 6.78. The van der Waals surface area contributed by atoms with Crippen LogP contribution < -0.4 is 5.43 Å². The van der Waals surface area contributed by atoms with Crippen molar-refractivity contribution in [1.82, 2.24) is 5.01 Å². The van der Waals surface area contributed by atoms with Crippen molar-refractivity contribution in [3.63, 3.8) is 0 Å². The average molecular weight is 557 g/mol. The molecule has 0 saturated heterocycles. The normalized spacial score (nSPS) is 15.4. The summed E-state index contributed by atoms with van der Waals surface area (Å²) in [6.45, 7) is 2.29. The monoisotopic (exact) mass is 556 g/mol. The van der Waals surface area contributed by atoms with Crippen LogP contribution in [0.1, 0.15) is 42.1 Å². The van der Waals surface area contributed by atoms with Gasteiger partial charge in [0.2, 0.25) is 0 Å². The molecule has 0 amide bonds. The van der Waals surface area contributed by atoms with E-state index in [0.717, 1.165) is 34.0 Å². The number of para-hydroxylation sites is 2. The molecule has 2 unspecified atom stereocenters. The Balaban J connectivity index is 1.29. The number of anilines is 1. The highest BCUT2D eigenvalue weighted by Gasteiger charge is 2.37. The van der Waals surface area contributed by atoms with E-state index in [-0.39, 0.29) is 12.1 Å². The molecule has 0 aliphatic carbocycles. The molecule has 0 saturated carbocycles. The molecular weight excluding hydrogens is 524 g/mol. The first-order chi connectivity index (χ1) is 21.3. The lowest BCUT2D eigenvalue weighted by Crippen LogP contribution is -2.33. The number of nitrogens with one attached hydrogen (secondary N) is 1. The minimum atomic E-state index is 0.0615. The third-order valence-corrected chi connectivity index (χ3v) is 8.83. The summed E-state index contributed by atoms with van der Waals surface area (Å²) in [7, 11) is 0. The van der Waals surface area contributed by atoms with Crippen molar-refractivity contribution in [3.8, 4) is 22.3 Å². The number of fused-ring (bicyclic) bond motifs is 4. The second kappa shape index (κ2) is 10.6. The van der Waals surface area contributed by atoms with Crippen molar-refractivity contribution in [3.05, 3.63) is 162 Å². The first-order valence-electron chi connectivity index (χ1n) is 15.1. The minimum Gasteiger partial charge on any atom is -0.456 e. The maximum absolute atomic E-state index is 6.37. The predicted molar refractivity (Wildman–Crippen MR) is 178 cm³/mol. The minimum absolute atomic E-state index is 0.0615. The third-order valence-electron chi connectivity index (χ3n) is 8.83. The van der Waals surface area contributed by atoms with Crippen molar-refractivity contribution in [2.45, 2.75) is 25.4 Å². The number of benzene rings is 6. The van der Waals surface area contributed by atoms with Gasteiger partial charge in [-0.2, -0.15) is 0 Å². The first kappa shape index (κ1) is 25.6. The van der Waals surface area contributed by atoms with Crippen LogP contribution in [0.15, 0.2) is 150 Å². The zero-order valence-electron chi connectivity index (χ0n) is 24.1. The van der Waals surface area contributed by atoms with Crippen LogP contribution in [0.4, 0.5) is 5.69 Å². The zero-order valence-corrected chi connectivity index (χ0v) is 24.1. The molecular formula is C40H32N2O. The Kier molecular flexibility index (Phi) is 6.31. The Hall–Kier alpha value is -5.12. The molecule has 1 aliphatic heterocycles. The highest BCUT2D eigenvalue weighted by Crippen LogP contribution is 2.48. The van der Waals surface area contributed by atoms with Gasteiger partial charge in [-0.1, -0.05) is 128 Å². The van der Waals surface area contributed by atoms with Gasteiger partial charge >= 0.3 is 0 Å². The molecule has 1 aromatic heterocycles. The van der Waals surface area contributed by atoms with Gasteiger partial charge in [-0.25, -0.2) is 5.01 Å². The zero-order chi connectivity index (χ0) is 28.8. The summed E-state index contributed by atoms with van der Waals surface area (Å²) in [6, 6.07) is 52.2. The van der Waals surface area contributed by atoms with Crippen LogP contribution in [0.25, 0.3) is 44.2 Å². The molecule has 8 rings (SSSR count). The van der Waals surface area contributed by atoms with E-state index in [9.17, 15) is 0 Å². The molecule has 2 heterocycles. The first-order valence-corrected chi connectivity index (χ1v) is 15.1. The van der Waals surface area contributed by atoms with E-state index in [2.05, 4.69) is 157 Å². The molecule has 7 aromatic rings. The smallest absolute Gasteiger partial charge is 0.136 e. The van der Waals surface area contributed by atoms with Gasteiger partial charge in [-0.05, 0) is 64.1 Å². The highest BCUT2D eigenvalue weighted by atomic mass is 16.3. The lowest BCUT2D eigenvalue weighted by atomic mass is 9.89. The molecule has 0 spiro atoms. The molecule has 1 N–H and O–H groups in total. The van der Waals surface area contributed by atoms with Crippen LogP contribution >= 0.6 is 0 Å². The van der Waals surface area contributed by atoms with Gasteiger partial charge in [0, 0.05) is 16.3 Å². The van der Waals surface area contributed by atoms with Crippen LogP contribution in [0.2, 0.25) is 0 Å². The van der Waals surface area contributed by atoms with Crippen LogP contribution in [-0.4, -0.2) is 5.01 Å². The second-order valence-electron chi connectivity index (χ2n) is 11.3.